The Bertz CT molecular complexity index is 404. The number of rotatable bonds is 5. The Kier molecular flexibility index (Phi) is 10.2. The van der Waals surface area contributed by atoms with Crippen molar-refractivity contribution in [3.8, 4) is 17.6 Å². The third-order valence-corrected chi connectivity index (χ3v) is 2.06. The van der Waals surface area contributed by atoms with Crippen LogP contribution in [0.4, 0.5) is 0 Å². The first-order valence-electron chi connectivity index (χ1n) is 5.90. The summed E-state index contributed by atoms with van der Waals surface area (Å²) in [6.45, 7) is 2.16. The Balaban J connectivity index is 0.000000982. The van der Waals surface area contributed by atoms with E-state index in [1.807, 2.05) is 24.3 Å². The van der Waals surface area contributed by atoms with Crippen molar-refractivity contribution in [3.63, 3.8) is 0 Å². The fraction of sp³-hybridized carbons (Fsp3) is 0.400. The summed E-state index contributed by atoms with van der Waals surface area (Å²) >= 11 is 0. The molecule has 0 saturated heterocycles. The summed E-state index contributed by atoms with van der Waals surface area (Å²) in [5, 5.41) is 0. The highest BCUT2D eigenvalue weighted by Gasteiger charge is 2.01. The molecule has 104 valence electrons. The first-order valence-corrected chi connectivity index (χ1v) is 5.90. The number of carbonyl (C=O) groups is 1. The number of benzene rings is 1. The second-order valence-electron chi connectivity index (χ2n) is 3.77. The van der Waals surface area contributed by atoms with Crippen molar-refractivity contribution in [1.29, 1.82) is 0 Å². The largest absolute Gasteiger partial charge is 0.481 e. The molecule has 0 saturated carbocycles. The van der Waals surface area contributed by atoms with Gasteiger partial charge in [-0.1, -0.05) is 18.1 Å². The Morgan fingerprint density at radius 3 is 2.37 bits per heavy atom. The van der Waals surface area contributed by atoms with Gasteiger partial charge in [0.05, 0.1) is 6.04 Å². The summed E-state index contributed by atoms with van der Waals surface area (Å²) in [6.07, 6.45) is 1.31. The molecule has 0 spiro atoms. The zero-order valence-electron chi connectivity index (χ0n) is 11.7. The summed E-state index contributed by atoms with van der Waals surface area (Å²) in [5.74, 6) is 6.34. The molecule has 0 aliphatic heterocycles. The number of carbonyl (C=O) groups excluding carboxylic acids is 1. The molecule has 1 aromatic rings. The van der Waals surface area contributed by atoms with E-state index in [1.165, 1.54) is 0 Å². The fourth-order valence-corrected chi connectivity index (χ4v) is 1.23. The minimum absolute atomic E-state index is 0.393. The molecular weight excluding hydrogens is 242 g/mol. The van der Waals surface area contributed by atoms with E-state index < -0.39 is 6.04 Å². The van der Waals surface area contributed by atoms with Crippen LogP contribution in [-0.4, -0.2) is 33.2 Å². The number of methoxy groups -OCH3 is 1. The molecule has 0 aliphatic carbocycles. The molecule has 0 aromatic heterocycles. The third-order valence-electron chi connectivity index (χ3n) is 2.06. The normalized spacial score (nSPS) is 10.3. The number of ether oxygens (including phenoxy) is 2. The van der Waals surface area contributed by atoms with Gasteiger partial charge in [-0.2, -0.15) is 0 Å². The molecule has 0 bridgehead atoms. The Morgan fingerprint density at radius 2 is 1.89 bits per heavy atom. The van der Waals surface area contributed by atoms with E-state index in [9.17, 15) is 4.79 Å². The second kappa shape index (κ2) is 11.3. The predicted octanol–water partition coefficient (Wildman–Crippen LogP) is 1.42. The summed E-state index contributed by atoms with van der Waals surface area (Å²) in [6, 6.07) is 7.07. The summed E-state index contributed by atoms with van der Waals surface area (Å²) in [7, 11) is 3.25. The molecular formula is C15H21NO3. The minimum atomic E-state index is -0.433. The molecule has 1 atom stereocenters. The van der Waals surface area contributed by atoms with Gasteiger partial charge in [-0.05, 0) is 31.0 Å². The maximum absolute atomic E-state index is 10.4. The van der Waals surface area contributed by atoms with E-state index in [-0.39, 0.29) is 0 Å². The van der Waals surface area contributed by atoms with Crippen molar-refractivity contribution in [2.75, 3.05) is 20.8 Å². The lowest BCUT2D eigenvalue weighted by molar-refractivity contribution is -0.108. The van der Waals surface area contributed by atoms with Crippen molar-refractivity contribution in [1.82, 2.24) is 0 Å². The molecule has 0 fully saturated rings. The van der Waals surface area contributed by atoms with Crippen molar-refractivity contribution < 1.29 is 14.3 Å². The highest BCUT2D eigenvalue weighted by molar-refractivity contribution is 5.57. The number of nitrogens with two attached hydrogens (primary N) is 1. The lowest BCUT2D eigenvalue weighted by Gasteiger charge is -2.06. The van der Waals surface area contributed by atoms with E-state index in [1.54, 1.807) is 21.1 Å². The lowest BCUT2D eigenvalue weighted by atomic mass is 10.1. The second-order valence-corrected chi connectivity index (χ2v) is 3.77. The van der Waals surface area contributed by atoms with Gasteiger partial charge in [0, 0.05) is 14.2 Å². The van der Waals surface area contributed by atoms with Gasteiger partial charge in [-0.15, -0.1) is 5.92 Å². The summed E-state index contributed by atoms with van der Waals surface area (Å²) in [5.41, 5.74) is 6.55. The van der Waals surface area contributed by atoms with Crippen LogP contribution >= 0.6 is 0 Å². The molecule has 19 heavy (non-hydrogen) atoms. The maximum Gasteiger partial charge on any atom is 0.149 e. The Labute approximate surface area is 114 Å². The summed E-state index contributed by atoms with van der Waals surface area (Å²) < 4.78 is 9.61. The quantitative estimate of drug-likeness (QED) is 0.644. The van der Waals surface area contributed by atoms with Crippen molar-refractivity contribution in [2.45, 2.75) is 19.4 Å². The number of hydrogen-bond donors (Lipinski definition) is 1. The zero-order chi connectivity index (χ0) is 14.5. The van der Waals surface area contributed by atoms with Gasteiger partial charge < -0.3 is 20.0 Å². The van der Waals surface area contributed by atoms with Crippen molar-refractivity contribution in [3.05, 3.63) is 29.8 Å². The third kappa shape index (κ3) is 8.83. The van der Waals surface area contributed by atoms with Crippen molar-refractivity contribution >= 4 is 6.29 Å². The van der Waals surface area contributed by atoms with E-state index in [0.717, 1.165) is 17.6 Å². The molecule has 0 amide bonds. The van der Waals surface area contributed by atoms with Crippen LogP contribution in [0, 0.1) is 11.8 Å². The van der Waals surface area contributed by atoms with Gasteiger partial charge in [0.25, 0.3) is 0 Å². The molecule has 2 N–H and O–H groups in total. The van der Waals surface area contributed by atoms with Gasteiger partial charge in [0.15, 0.2) is 0 Å². The van der Waals surface area contributed by atoms with Gasteiger partial charge in [0.2, 0.25) is 0 Å². The molecule has 4 heteroatoms. The molecule has 0 unspecified atom stereocenters. The van der Waals surface area contributed by atoms with Crippen LogP contribution in [0.15, 0.2) is 24.3 Å². The average Bonchev–Trinajstić information content (AvgIpc) is 2.42. The smallest absolute Gasteiger partial charge is 0.149 e. The number of hydrogen-bond acceptors (Lipinski definition) is 4. The average molecular weight is 263 g/mol. The van der Waals surface area contributed by atoms with Gasteiger partial charge in [0.1, 0.15) is 18.6 Å². The van der Waals surface area contributed by atoms with Crippen molar-refractivity contribution in [2.24, 2.45) is 5.73 Å². The molecule has 0 aliphatic rings. The molecule has 0 radical (unpaired) electrons. The standard InChI is InChI=1S/C13H15NO2.C2H6O/c1-2-3-8-16-13-6-4-11(5-7-13)9-12(14)10-15;1-3-2/h4-7,10,12H,8-9,14H2,1H3;1-2H3/t12-;/m0./s1. The monoisotopic (exact) mass is 263 g/mol. The SMILES string of the molecule is CC#CCOc1ccc(C[C@H](N)C=O)cc1.COC. The van der Waals surface area contributed by atoms with E-state index >= 15 is 0 Å². The van der Waals surface area contributed by atoms with Crippen LogP contribution in [0.25, 0.3) is 0 Å². The molecule has 0 heterocycles. The lowest BCUT2D eigenvalue weighted by Crippen LogP contribution is -2.23. The minimum Gasteiger partial charge on any atom is -0.481 e. The Morgan fingerprint density at radius 1 is 1.32 bits per heavy atom. The van der Waals surface area contributed by atoms with Crippen LogP contribution in [0.3, 0.4) is 0 Å². The molecule has 1 rings (SSSR count). The van der Waals surface area contributed by atoms with Gasteiger partial charge in [-0.3, -0.25) is 0 Å². The van der Waals surface area contributed by atoms with Crippen LogP contribution < -0.4 is 10.5 Å². The van der Waals surface area contributed by atoms with Gasteiger partial charge >= 0.3 is 0 Å². The van der Waals surface area contributed by atoms with Crippen LogP contribution in [0.5, 0.6) is 5.75 Å². The highest BCUT2D eigenvalue weighted by Crippen LogP contribution is 2.12. The maximum atomic E-state index is 10.4. The molecule has 4 nitrogen and oxygen atoms in total. The van der Waals surface area contributed by atoms with E-state index in [2.05, 4.69) is 16.6 Å². The summed E-state index contributed by atoms with van der Waals surface area (Å²) in [4.78, 5) is 10.4. The van der Waals surface area contributed by atoms with Crippen LogP contribution in [-0.2, 0) is 16.0 Å². The first kappa shape index (κ1) is 17.2. The van der Waals surface area contributed by atoms with Gasteiger partial charge in [-0.25, -0.2) is 0 Å². The van der Waals surface area contributed by atoms with E-state index in [4.69, 9.17) is 10.5 Å². The predicted molar refractivity (Wildman–Crippen MR) is 76.1 cm³/mol. The van der Waals surface area contributed by atoms with Crippen LogP contribution in [0.1, 0.15) is 12.5 Å². The van der Waals surface area contributed by atoms with E-state index in [0.29, 0.717) is 13.0 Å². The molecule has 1 aromatic carbocycles. The topological polar surface area (TPSA) is 61.5 Å². The number of aldehydes is 1. The zero-order valence-corrected chi connectivity index (χ0v) is 11.7. The Hall–Kier alpha value is -1.83. The fourth-order valence-electron chi connectivity index (χ4n) is 1.23. The highest BCUT2D eigenvalue weighted by atomic mass is 16.5. The first-order chi connectivity index (χ1) is 9.17. The van der Waals surface area contributed by atoms with Crippen LogP contribution in [0.2, 0.25) is 0 Å².